The third kappa shape index (κ3) is 5.66. The second-order valence-corrected chi connectivity index (χ2v) is 4.36. The third-order valence-electron chi connectivity index (χ3n) is 2.71. The van der Waals surface area contributed by atoms with Gasteiger partial charge in [-0.25, -0.2) is 4.79 Å². The molecule has 2 N–H and O–H groups in total. The maximum absolute atomic E-state index is 11.8. The van der Waals surface area contributed by atoms with Crippen LogP contribution in [0.3, 0.4) is 0 Å². The summed E-state index contributed by atoms with van der Waals surface area (Å²) in [4.78, 5) is 27.9. The van der Waals surface area contributed by atoms with Crippen molar-refractivity contribution in [2.45, 2.75) is 19.1 Å². The summed E-state index contributed by atoms with van der Waals surface area (Å²) in [5.74, 6) is -0.963. The number of aliphatic carboxylic acids is 1. The van der Waals surface area contributed by atoms with Crippen molar-refractivity contribution in [2.24, 2.45) is 0 Å². The molecule has 2 amide bonds. The Hall–Kier alpha value is -2.15. The van der Waals surface area contributed by atoms with Crippen LogP contribution in [0, 0.1) is 0 Å². The fourth-order valence-corrected chi connectivity index (χ4v) is 1.61. The van der Waals surface area contributed by atoms with E-state index in [4.69, 9.17) is 9.84 Å². The molecule has 0 spiro atoms. The molecule has 7 nitrogen and oxygen atoms in total. The lowest BCUT2D eigenvalue weighted by Crippen LogP contribution is -2.41. The minimum Gasteiger partial charge on any atom is -0.481 e. The lowest BCUT2D eigenvalue weighted by atomic mass is 10.2. The van der Waals surface area contributed by atoms with Crippen LogP contribution in [0.25, 0.3) is 0 Å². The molecule has 0 bridgehead atoms. The van der Waals surface area contributed by atoms with Gasteiger partial charge >= 0.3 is 12.0 Å². The summed E-state index contributed by atoms with van der Waals surface area (Å²) in [6, 6.07) is 3.38. The maximum Gasteiger partial charge on any atom is 0.317 e. The molecule has 1 aromatic rings. The van der Waals surface area contributed by atoms with Crippen LogP contribution in [-0.2, 0) is 16.1 Å². The highest BCUT2D eigenvalue weighted by Gasteiger charge is 2.15. The van der Waals surface area contributed by atoms with Gasteiger partial charge in [0.1, 0.15) is 0 Å². The van der Waals surface area contributed by atoms with Gasteiger partial charge in [0.05, 0.1) is 12.5 Å². The summed E-state index contributed by atoms with van der Waals surface area (Å²) in [5, 5.41) is 11.3. The number of rotatable bonds is 7. The predicted molar refractivity (Wildman–Crippen MR) is 72.2 cm³/mol. The van der Waals surface area contributed by atoms with E-state index in [9.17, 15) is 9.59 Å². The molecular formula is C13H19N3O4. The Kier molecular flexibility index (Phi) is 6.45. The van der Waals surface area contributed by atoms with Crippen LogP contribution in [0.5, 0.6) is 0 Å². The number of carboxylic acid groups (broad SMARTS) is 1. The summed E-state index contributed by atoms with van der Waals surface area (Å²) in [7, 11) is 3.07. The molecule has 0 aromatic carbocycles. The second-order valence-electron chi connectivity index (χ2n) is 4.36. The highest BCUT2D eigenvalue weighted by molar-refractivity contribution is 5.74. The van der Waals surface area contributed by atoms with Crippen molar-refractivity contribution in [3.05, 3.63) is 30.1 Å². The lowest BCUT2D eigenvalue weighted by Gasteiger charge is -2.20. The van der Waals surface area contributed by atoms with Crippen molar-refractivity contribution in [2.75, 3.05) is 20.7 Å². The van der Waals surface area contributed by atoms with Crippen LogP contribution >= 0.6 is 0 Å². The van der Waals surface area contributed by atoms with E-state index in [0.29, 0.717) is 6.54 Å². The number of hydrogen-bond acceptors (Lipinski definition) is 4. The fraction of sp³-hybridized carbons (Fsp3) is 0.462. The zero-order valence-corrected chi connectivity index (χ0v) is 11.6. The summed E-state index contributed by atoms with van der Waals surface area (Å²) in [6.07, 6.45) is 2.66. The third-order valence-corrected chi connectivity index (χ3v) is 2.71. The normalized spacial score (nSPS) is 11.7. The number of methoxy groups -OCH3 is 1. The summed E-state index contributed by atoms with van der Waals surface area (Å²) >= 11 is 0. The smallest absolute Gasteiger partial charge is 0.317 e. The van der Waals surface area contributed by atoms with Crippen molar-refractivity contribution < 1.29 is 19.4 Å². The number of carboxylic acids is 1. The first-order valence-electron chi connectivity index (χ1n) is 6.15. The molecule has 0 fully saturated rings. The minimum atomic E-state index is -0.963. The van der Waals surface area contributed by atoms with Gasteiger partial charge in [-0.2, -0.15) is 0 Å². The van der Waals surface area contributed by atoms with Gasteiger partial charge in [-0.3, -0.25) is 9.78 Å². The number of nitrogens with zero attached hydrogens (tertiary/aromatic N) is 2. The standard InChI is InChI=1S/C13H19N3O4/c1-16(9-10-4-3-5-14-7-10)13(19)15-8-11(20-2)6-12(17)18/h3-5,7,11H,6,8-9H2,1-2H3,(H,15,19)(H,17,18). The van der Waals surface area contributed by atoms with Gasteiger partial charge in [-0.05, 0) is 11.6 Å². The average molecular weight is 281 g/mol. The molecular weight excluding hydrogens is 262 g/mol. The van der Waals surface area contributed by atoms with E-state index in [1.165, 1.54) is 12.0 Å². The van der Waals surface area contributed by atoms with Crippen molar-refractivity contribution in [3.8, 4) is 0 Å². The predicted octanol–water partition coefficient (Wildman–Crippen LogP) is 0.713. The number of nitrogens with one attached hydrogen (secondary N) is 1. The van der Waals surface area contributed by atoms with Crippen LogP contribution < -0.4 is 5.32 Å². The summed E-state index contributed by atoms with van der Waals surface area (Å²) in [6.45, 7) is 0.579. The molecule has 0 aliphatic rings. The second kappa shape index (κ2) is 8.11. The highest BCUT2D eigenvalue weighted by atomic mass is 16.5. The summed E-state index contributed by atoms with van der Waals surface area (Å²) < 4.78 is 4.99. The van der Waals surface area contributed by atoms with Gasteiger partial charge < -0.3 is 20.1 Å². The highest BCUT2D eigenvalue weighted by Crippen LogP contribution is 2.01. The van der Waals surface area contributed by atoms with Gasteiger partial charge in [0.25, 0.3) is 0 Å². The first kappa shape index (κ1) is 15.9. The number of amides is 2. The molecule has 0 aliphatic heterocycles. The van der Waals surface area contributed by atoms with Crippen molar-refractivity contribution in [1.82, 2.24) is 15.2 Å². The van der Waals surface area contributed by atoms with E-state index in [-0.39, 0.29) is 19.0 Å². The fourth-order valence-electron chi connectivity index (χ4n) is 1.61. The van der Waals surface area contributed by atoms with E-state index in [0.717, 1.165) is 5.56 Å². The molecule has 20 heavy (non-hydrogen) atoms. The van der Waals surface area contributed by atoms with Gasteiger partial charge in [0, 0.05) is 39.6 Å². The van der Waals surface area contributed by atoms with Crippen LogP contribution in [-0.4, -0.2) is 53.8 Å². The van der Waals surface area contributed by atoms with Crippen molar-refractivity contribution >= 4 is 12.0 Å². The molecule has 0 saturated carbocycles. The van der Waals surface area contributed by atoms with Crippen molar-refractivity contribution in [1.29, 1.82) is 0 Å². The van der Waals surface area contributed by atoms with E-state index in [1.54, 1.807) is 25.5 Å². The number of ether oxygens (including phenoxy) is 1. The van der Waals surface area contributed by atoms with E-state index in [2.05, 4.69) is 10.3 Å². The van der Waals surface area contributed by atoms with E-state index in [1.807, 2.05) is 6.07 Å². The number of carbonyl (C=O) groups is 2. The van der Waals surface area contributed by atoms with Gasteiger partial charge in [-0.15, -0.1) is 0 Å². The topological polar surface area (TPSA) is 91.8 Å². The quantitative estimate of drug-likeness (QED) is 0.768. The molecule has 1 aromatic heterocycles. The van der Waals surface area contributed by atoms with Crippen LogP contribution in [0.4, 0.5) is 4.79 Å². The zero-order valence-electron chi connectivity index (χ0n) is 11.6. The number of hydrogen-bond donors (Lipinski definition) is 2. The molecule has 1 unspecified atom stereocenters. The monoisotopic (exact) mass is 281 g/mol. The van der Waals surface area contributed by atoms with Crippen LogP contribution in [0.1, 0.15) is 12.0 Å². The molecule has 1 atom stereocenters. The molecule has 110 valence electrons. The Morgan fingerprint density at radius 1 is 1.55 bits per heavy atom. The summed E-state index contributed by atoms with van der Waals surface area (Å²) in [5.41, 5.74) is 0.916. The Morgan fingerprint density at radius 3 is 2.85 bits per heavy atom. The lowest BCUT2D eigenvalue weighted by molar-refractivity contribution is -0.139. The Balaban J connectivity index is 2.39. The molecule has 0 saturated heterocycles. The number of carbonyl (C=O) groups excluding carboxylic acids is 1. The Morgan fingerprint density at radius 2 is 2.30 bits per heavy atom. The Labute approximate surface area is 117 Å². The Bertz CT molecular complexity index is 439. The maximum atomic E-state index is 11.8. The zero-order chi connectivity index (χ0) is 15.0. The van der Waals surface area contributed by atoms with Crippen LogP contribution in [0.2, 0.25) is 0 Å². The van der Waals surface area contributed by atoms with Crippen LogP contribution in [0.15, 0.2) is 24.5 Å². The molecule has 1 rings (SSSR count). The SMILES string of the molecule is COC(CNC(=O)N(C)Cc1cccnc1)CC(=O)O. The first-order valence-corrected chi connectivity index (χ1v) is 6.15. The first-order chi connectivity index (χ1) is 9.52. The average Bonchev–Trinajstić information content (AvgIpc) is 2.43. The minimum absolute atomic E-state index is 0.150. The number of aromatic nitrogens is 1. The van der Waals surface area contributed by atoms with Gasteiger partial charge in [-0.1, -0.05) is 6.07 Å². The van der Waals surface area contributed by atoms with E-state index >= 15 is 0 Å². The molecule has 1 heterocycles. The molecule has 0 radical (unpaired) electrons. The number of urea groups is 1. The van der Waals surface area contributed by atoms with Gasteiger partial charge in [0.2, 0.25) is 0 Å². The largest absolute Gasteiger partial charge is 0.481 e. The molecule has 0 aliphatic carbocycles. The van der Waals surface area contributed by atoms with Crippen molar-refractivity contribution in [3.63, 3.8) is 0 Å². The molecule has 7 heteroatoms. The van der Waals surface area contributed by atoms with Gasteiger partial charge in [0.15, 0.2) is 0 Å². The van der Waals surface area contributed by atoms with E-state index < -0.39 is 12.1 Å². The number of pyridine rings is 1.